The van der Waals surface area contributed by atoms with Crippen LogP contribution in [0.25, 0.3) is 0 Å². The van der Waals surface area contributed by atoms with Gasteiger partial charge < -0.3 is 10.1 Å². The number of amides is 1. The van der Waals surface area contributed by atoms with Crippen LogP contribution in [0.15, 0.2) is 36.7 Å². The third-order valence-corrected chi connectivity index (χ3v) is 3.03. The maximum Gasteiger partial charge on any atom is 0.264 e. The molecule has 0 unspecified atom stereocenters. The quantitative estimate of drug-likeness (QED) is 0.820. The molecule has 2 rings (SSSR count). The van der Waals surface area contributed by atoms with Crippen LogP contribution in [-0.2, 0) is 4.79 Å². The molecule has 0 spiro atoms. The number of carbonyl (C=O) groups is 1. The van der Waals surface area contributed by atoms with Crippen molar-refractivity contribution in [1.82, 2.24) is 15.3 Å². The summed E-state index contributed by atoms with van der Waals surface area (Å²) >= 11 is 16.7. The van der Waals surface area contributed by atoms with Crippen molar-refractivity contribution in [2.75, 3.05) is 11.9 Å². The van der Waals surface area contributed by atoms with Gasteiger partial charge in [-0.3, -0.25) is 10.1 Å². The lowest BCUT2D eigenvalue weighted by Crippen LogP contribution is -2.37. The highest BCUT2D eigenvalue weighted by Crippen LogP contribution is 2.27. The Bertz CT molecular complexity index is 685. The summed E-state index contributed by atoms with van der Waals surface area (Å²) in [5.74, 6) is 0.195. The number of aromatic nitrogens is 2. The molecule has 0 aliphatic rings. The molecule has 0 atom stereocenters. The van der Waals surface area contributed by atoms with Gasteiger partial charge in [-0.1, -0.05) is 23.2 Å². The molecular weight excluding hydrogens is 347 g/mol. The highest BCUT2D eigenvalue weighted by atomic mass is 35.5. The fraction of sp³-hybridized carbons (Fsp3) is 0.0769. The summed E-state index contributed by atoms with van der Waals surface area (Å²) in [4.78, 5) is 19.6. The zero-order valence-corrected chi connectivity index (χ0v) is 13.4. The molecule has 0 saturated heterocycles. The molecule has 1 heterocycles. The van der Waals surface area contributed by atoms with E-state index in [4.69, 9.17) is 40.2 Å². The Hall–Kier alpha value is -1.96. The van der Waals surface area contributed by atoms with E-state index in [1.165, 1.54) is 6.07 Å². The van der Waals surface area contributed by atoms with Crippen LogP contribution in [-0.4, -0.2) is 27.6 Å². The Morgan fingerprint density at radius 3 is 2.68 bits per heavy atom. The van der Waals surface area contributed by atoms with Crippen LogP contribution in [0.4, 0.5) is 5.95 Å². The zero-order valence-electron chi connectivity index (χ0n) is 11.0. The van der Waals surface area contributed by atoms with Crippen molar-refractivity contribution in [3.63, 3.8) is 0 Å². The van der Waals surface area contributed by atoms with Gasteiger partial charge in [-0.25, -0.2) is 9.97 Å². The van der Waals surface area contributed by atoms with Gasteiger partial charge >= 0.3 is 0 Å². The number of thiocarbonyl (C=S) groups is 1. The van der Waals surface area contributed by atoms with Crippen molar-refractivity contribution in [2.24, 2.45) is 0 Å². The topological polar surface area (TPSA) is 76.1 Å². The van der Waals surface area contributed by atoms with E-state index in [-0.39, 0.29) is 17.7 Å². The lowest BCUT2D eigenvalue weighted by atomic mass is 10.3. The van der Waals surface area contributed by atoms with Crippen LogP contribution in [0.1, 0.15) is 0 Å². The summed E-state index contributed by atoms with van der Waals surface area (Å²) in [6.45, 7) is -0.251. The predicted molar refractivity (Wildman–Crippen MR) is 88.4 cm³/mol. The SMILES string of the molecule is O=C(COc1ccc(Cl)cc1Cl)NC(=S)Nc1ncccn1. The van der Waals surface area contributed by atoms with Gasteiger partial charge in [-0.05, 0) is 36.5 Å². The lowest BCUT2D eigenvalue weighted by molar-refractivity contribution is -0.121. The minimum Gasteiger partial charge on any atom is -0.482 e. The first-order valence-corrected chi connectivity index (χ1v) is 7.17. The van der Waals surface area contributed by atoms with Crippen molar-refractivity contribution in [2.45, 2.75) is 0 Å². The van der Waals surface area contributed by atoms with Crippen LogP contribution < -0.4 is 15.4 Å². The van der Waals surface area contributed by atoms with Crippen molar-refractivity contribution in [1.29, 1.82) is 0 Å². The van der Waals surface area contributed by atoms with Gasteiger partial charge in [0.25, 0.3) is 5.91 Å². The van der Waals surface area contributed by atoms with Gasteiger partial charge in [0.2, 0.25) is 5.95 Å². The van der Waals surface area contributed by atoms with E-state index in [0.29, 0.717) is 15.8 Å². The van der Waals surface area contributed by atoms with Gasteiger partial charge in [-0.15, -0.1) is 0 Å². The lowest BCUT2D eigenvalue weighted by Gasteiger charge is -2.10. The average Bonchev–Trinajstić information content (AvgIpc) is 2.47. The van der Waals surface area contributed by atoms with Crippen LogP contribution in [0.2, 0.25) is 10.0 Å². The highest BCUT2D eigenvalue weighted by Gasteiger charge is 2.09. The van der Waals surface area contributed by atoms with Crippen LogP contribution in [0.3, 0.4) is 0 Å². The summed E-state index contributed by atoms with van der Waals surface area (Å²) < 4.78 is 5.28. The number of halogens is 2. The summed E-state index contributed by atoms with van der Waals surface area (Å²) in [6, 6.07) is 6.37. The average molecular weight is 357 g/mol. The largest absolute Gasteiger partial charge is 0.482 e. The first-order chi connectivity index (χ1) is 10.5. The van der Waals surface area contributed by atoms with Crippen molar-refractivity contribution >= 4 is 52.4 Å². The number of ether oxygens (including phenoxy) is 1. The molecule has 1 aromatic carbocycles. The Labute approximate surface area is 141 Å². The number of nitrogens with one attached hydrogen (secondary N) is 2. The molecule has 22 heavy (non-hydrogen) atoms. The Morgan fingerprint density at radius 1 is 1.27 bits per heavy atom. The molecule has 0 radical (unpaired) electrons. The second kappa shape index (κ2) is 7.88. The normalized spacial score (nSPS) is 9.91. The maximum absolute atomic E-state index is 11.7. The van der Waals surface area contributed by atoms with E-state index in [0.717, 1.165) is 0 Å². The first kappa shape index (κ1) is 16.4. The van der Waals surface area contributed by atoms with Gasteiger partial charge in [0.1, 0.15) is 5.75 Å². The molecule has 1 aromatic heterocycles. The standard InChI is InChI=1S/C13H10Cl2N4O2S/c14-8-2-3-10(9(15)6-8)21-7-11(20)18-13(22)19-12-16-4-1-5-17-12/h1-6H,7H2,(H2,16,17,18,19,20,22). The van der Waals surface area contributed by atoms with Gasteiger partial charge in [0.15, 0.2) is 11.7 Å². The van der Waals surface area contributed by atoms with E-state index < -0.39 is 5.91 Å². The number of hydrogen-bond donors (Lipinski definition) is 2. The third-order valence-electron chi connectivity index (χ3n) is 2.30. The molecule has 6 nitrogen and oxygen atoms in total. The minimum atomic E-state index is -0.445. The second-order valence-corrected chi connectivity index (χ2v) is 5.19. The predicted octanol–water partition coefficient (Wildman–Crippen LogP) is 2.68. The number of rotatable bonds is 4. The fourth-order valence-electron chi connectivity index (χ4n) is 1.39. The van der Waals surface area contributed by atoms with Crippen LogP contribution in [0.5, 0.6) is 5.75 Å². The van der Waals surface area contributed by atoms with Gasteiger partial charge in [-0.2, -0.15) is 0 Å². The van der Waals surface area contributed by atoms with Crippen molar-refractivity contribution in [3.05, 3.63) is 46.7 Å². The molecule has 9 heteroatoms. The smallest absolute Gasteiger partial charge is 0.264 e. The van der Waals surface area contributed by atoms with E-state index in [1.807, 2.05) is 0 Å². The minimum absolute atomic E-state index is 0.0713. The number of anilines is 1. The molecule has 2 N–H and O–H groups in total. The monoisotopic (exact) mass is 356 g/mol. The van der Waals surface area contributed by atoms with Crippen LogP contribution in [0, 0.1) is 0 Å². The molecule has 114 valence electrons. The van der Waals surface area contributed by atoms with E-state index in [1.54, 1.807) is 30.6 Å². The third kappa shape index (κ3) is 5.10. The van der Waals surface area contributed by atoms with E-state index in [9.17, 15) is 4.79 Å². The Kier molecular flexibility index (Phi) is 5.88. The van der Waals surface area contributed by atoms with Gasteiger partial charge in [0.05, 0.1) is 5.02 Å². The summed E-state index contributed by atoms with van der Waals surface area (Å²) in [6.07, 6.45) is 3.09. The second-order valence-electron chi connectivity index (χ2n) is 3.94. The van der Waals surface area contributed by atoms with Crippen LogP contribution >= 0.6 is 35.4 Å². The van der Waals surface area contributed by atoms with E-state index in [2.05, 4.69) is 20.6 Å². The molecule has 2 aromatic rings. The molecule has 0 fully saturated rings. The summed E-state index contributed by atoms with van der Waals surface area (Å²) in [7, 11) is 0. The number of hydrogen-bond acceptors (Lipinski definition) is 5. The highest BCUT2D eigenvalue weighted by molar-refractivity contribution is 7.80. The molecular formula is C13H10Cl2N4O2S. The Balaban J connectivity index is 1.81. The molecule has 1 amide bonds. The molecule has 0 saturated carbocycles. The summed E-state index contributed by atoms with van der Waals surface area (Å²) in [5, 5.41) is 5.98. The van der Waals surface area contributed by atoms with E-state index >= 15 is 0 Å². The molecule has 0 bridgehead atoms. The Morgan fingerprint density at radius 2 is 2.00 bits per heavy atom. The maximum atomic E-state index is 11.7. The first-order valence-electron chi connectivity index (χ1n) is 6.00. The van der Waals surface area contributed by atoms with Crippen molar-refractivity contribution in [3.8, 4) is 5.75 Å². The zero-order chi connectivity index (χ0) is 15.9. The fourth-order valence-corrected chi connectivity index (χ4v) is 2.06. The van der Waals surface area contributed by atoms with Crippen molar-refractivity contribution < 1.29 is 9.53 Å². The van der Waals surface area contributed by atoms with Gasteiger partial charge in [0, 0.05) is 17.4 Å². The number of nitrogens with zero attached hydrogens (tertiary/aromatic N) is 2. The number of benzene rings is 1. The number of carbonyl (C=O) groups excluding carboxylic acids is 1. The molecule has 0 aliphatic carbocycles. The summed E-state index contributed by atoms with van der Waals surface area (Å²) in [5.41, 5.74) is 0. The molecule has 0 aliphatic heterocycles.